The fraction of sp³-hybridized carbons (Fsp3) is 0.280. The molecule has 2 N–H and O–H groups in total. The van der Waals surface area contributed by atoms with E-state index in [1.54, 1.807) is 18.6 Å². The molecule has 0 saturated heterocycles. The Hall–Kier alpha value is -4.18. The van der Waals surface area contributed by atoms with Gasteiger partial charge in [0, 0.05) is 30.4 Å². The molecule has 0 atom stereocenters. The first-order valence-electron chi connectivity index (χ1n) is 11.5. The molecule has 10 heteroatoms. The number of pyridine rings is 2. The predicted octanol–water partition coefficient (Wildman–Crippen LogP) is 3.57. The first kappa shape index (κ1) is 22.6. The van der Waals surface area contributed by atoms with Crippen molar-refractivity contribution in [3.05, 3.63) is 72.7 Å². The number of nitrogens with one attached hydrogen (secondary N) is 2. The third-order valence-corrected chi connectivity index (χ3v) is 5.67. The maximum Gasteiger partial charge on any atom is 0.277 e. The van der Waals surface area contributed by atoms with E-state index in [1.165, 1.54) is 6.33 Å². The van der Waals surface area contributed by atoms with E-state index < -0.39 is 0 Å². The molecule has 1 amide bonds. The number of carbonyl (C=O) groups is 1. The fourth-order valence-electron chi connectivity index (χ4n) is 3.71. The van der Waals surface area contributed by atoms with Gasteiger partial charge in [-0.1, -0.05) is 6.07 Å². The van der Waals surface area contributed by atoms with Crippen LogP contribution in [0, 0.1) is 0 Å². The number of carbonyl (C=O) groups excluding carboxylic acids is 1. The van der Waals surface area contributed by atoms with Gasteiger partial charge in [-0.25, -0.2) is 15.0 Å². The Bertz CT molecular complexity index is 1300. The molecule has 1 saturated carbocycles. The Morgan fingerprint density at radius 3 is 2.69 bits per heavy atom. The minimum absolute atomic E-state index is 0.306. The molecule has 5 rings (SSSR count). The quantitative estimate of drug-likeness (QED) is 0.382. The lowest BCUT2D eigenvalue weighted by atomic mass is 10.2. The van der Waals surface area contributed by atoms with E-state index >= 15 is 0 Å². The molecule has 4 aromatic rings. The lowest BCUT2D eigenvalue weighted by Gasteiger charge is -2.12. The molecule has 0 spiro atoms. The summed E-state index contributed by atoms with van der Waals surface area (Å²) in [6.45, 7) is 1.46. The molecule has 0 aromatic carbocycles. The Morgan fingerprint density at radius 1 is 1.14 bits per heavy atom. The topological polar surface area (TPSA) is 114 Å². The van der Waals surface area contributed by atoms with Crippen molar-refractivity contribution < 1.29 is 4.79 Å². The van der Waals surface area contributed by atoms with Crippen LogP contribution in [0.2, 0.25) is 0 Å². The number of hydrogen-bond donors (Lipinski definition) is 2. The van der Waals surface area contributed by atoms with E-state index in [1.807, 2.05) is 55.2 Å². The van der Waals surface area contributed by atoms with Gasteiger partial charge < -0.3 is 15.5 Å². The van der Waals surface area contributed by atoms with Crippen LogP contribution in [0.15, 0.2) is 61.3 Å². The van der Waals surface area contributed by atoms with Crippen LogP contribution in [-0.2, 0) is 6.54 Å². The maximum absolute atomic E-state index is 13.4. The largest absolute Gasteiger partial charge is 0.351 e. The highest BCUT2D eigenvalue weighted by molar-refractivity contribution is 6.06. The molecule has 0 unspecified atom stereocenters. The van der Waals surface area contributed by atoms with Crippen LogP contribution in [0.3, 0.4) is 0 Å². The molecule has 10 nitrogen and oxygen atoms in total. The number of amides is 1. The van der Waals surface area contributed by atoms with Crippen molar-refractivity contribution in [2.24, 2.45) is 0 Å². The monoisotopic (exact) mass is 469 g/mol. The molecule has 4 heterocycles. The summed E-state index contributed by atoms with van der Waals surface area (Å²) in [6.07, 6.45) is 8.69. The van der Waals surface area contributed by atoms with Gasteiger partial charge in [0.1, 0.15) is 6.33 Å². The highest BCUT2D eigenvalue weighted by atomic mass is 16.2. The van der Waals surface area contributed by atoms with E-state index in [0.29, 0.717) is 35.3 Å². The zero-order valence-corrected chi connectivity index (χ0v) is 19.7. The summed E-state index contributed by atoms with van der Waals surface area (Å²) in [6, 6.07) is 11.4. The predicted molar refractivity (Wildman–Crippen MR) is 133 cm³/mol. The zero-order valence-electron chi connectivity index (χ0n) is 19.7. The third kappa shape index (κ3) is 5.49. The van der Waals surface area contributed by atoms with E-state index in [0.717, 1.165) is 36.5 Å². The van der Waals surface area contributed by atoms with E-state index in [4.69, 9.17) is 4.98 Å². The number of aromatic nitrogens is 6. The van der Waals surface area contributed by atoms with Gasteiger partial charge in [0.2, 0.25) is 0 Å². The molecule has 35 heavy (non-hydrogen) atoms. The summed E-state index contributed by atoms with van der Waals surface area (Å²) >= 11 is 0. The van der Waals surface area contributed by atoms with Crippen molar-refractivity contribution in [2.45, 2.75) is 25.3 Å². The van der Waals surface area contributed by atoms with Gasteiger partial charge in [0.25, 0.3) is 5.91 Å². The number of rotatable bonds is 9. The van der Waals surface area contributed by atoms with Crippen molar-refractivity contribution in [1.29, 1.82) is 0 Å². The van der Waals surface area contributed by atoms with Crippen LogP contribution in [0.5, 0.6) is 0 Å². The molecule has 1 aliphatic rings. The summed E-state index contributed by atoms with van der Waals surface area (Å²) in [5.74, 6) is 0.523. The lowest BCUT2D eigenvalue weighted by molar-refractivity contribution is 0.102. The van der Waals surface area contributed by atoms with E-state index in [-0.39, 0.29) is 5.91 Å². The van der Waals surface area contributed by atoms with Crippen molar-refractivity contribution >= 4 is 23.1 Å². The smallest absolute Gasteiger partial charge is 0.277 e. The lowest BCUT2D eigenvalue weighted by Crippen LogP contribution is -2.20. The minimum atomic E-state index is -0.336. The summed E-state index contributed by atoms with van der Waals surface area (Å²) in [4.78, 5) is 32.7. The van der Waals surface area contributed by atoms with Crippen molar-refractivity contribution in [3.63, 3.8) is 0 Å². The zero-order chi connectivity index (χ0) is 24.2. The average Bonchev–Trinajstić information content (AvgIpc) is 3.65. The summed E-state index contributed by atoms with van der Waals surface area (Å²) in [7, 11) is 4.02. The SMILES string of the molecule is CN(C)CCn1nc(NC(=O)c2nc(C3CC3)ccc2Nc2cncnc2)cc1-c1ccccn1. The van der Waals surface area contributed by atoms with Gasteiger partial charge in [0.05, 0.1) is 41.7 Å². The van der Waals surface area contributed by atoms with Crippen LogP contribution in [0.4, 0.5) is 17.2 Å². The molecule has 1 fully saturated rings. The molecular weight excluding hydrogens is 442 g/mol. The van der Waals surface area contributed by atoms with Crippen LogP contribution in [0.25, 0.3) is 11.4 Å². The van der Waals surface area contributed by atoms with Gasteiger partial charge in [-0.2, -0.15) is 5.10 Å². The normalized spacial score (nSPS) is 13.1. The number of nitrogens with zero attached hydrogens (tertiary/aromatic N) is 7. The second kappa shape index (κ2) is 9.98. The van der Waals surface area contributed by atoms with Crippen LogP contribution in [-0.4, -0.2) is 61.2 Å². The fourth-order valence-corrected chi connectivity index (χ4v) is 3.71. The number of hydrogen-bond acceptors (Lipinski definition) is 8. The minimum Gasteiger partial charge on any atom is -0.351 e. The highest BCUT2D eigenvalue weighted by Gasteiger charge is 2.27. The molecule has 178 valence electrons. The third-order valence-electron chi connectivity index (χ3n) is 5.67. The van der Waals surface area contributed by atoms with Crippen LogP contribution < -0.4 is 10.6 Å². The number of anilines is 3. The van der Waals surface area contributed by atoms with Gasteiger partial charge in [-0.15, -0.1) is 0 Å². The first-order chi connectivity index (χ1) is 17.1. The van der Waals surface area contributed by atoms with Crippen molar-refractivity contribution in [1.82, 2.24) is 34.6 Å². The second-order valence-electron chi connectivity index (χ2n) is 8.77. The second-order valence-corrected chi connectivity index (χ2v) is 8.77. The van der Waals surface area contributed by atoms with Gasteiger partial charge in [-0.05, 0) is 51.2 Å². The van der Waals surface area contributed by atoms with E-state index in [9.17, 15) is 4.79 Å². The van der Waals surface area contributed by atoms with Gasteiger partial charge >= 0.3 is 0 Å². The Morgan fingerprint density at radius 2 is 1.97 bits per heavy atom. The first-order valence-corrected chi connectivity index (χ1v) is 11.5. The summed E-state index contributed by atoms with van der Waals surface area (Å²) < 4.78 is 1.87. The molecule has 0 radical (unpaired) electrons. The molecule has 4 aromatic heterocycles. The van der Waals surface area contributed by atoms with Crippen LogP contribution >= 0.6 is 0 Å². The number of likely N-dealkylation sites (N-methyl/N-ethyl adjacent to an activating group) is 1. The molecule has 0 bridgehead atoms. The molecule has 0 aliphatic heterocycles. The average molecular weight is 470 g/mol. The van der Waals surface area contributed by atoms with Gasteiger partial charge in [-0.3, -0.25) is 14.5 Å². The summed E-state index contributed by atoms with van der Waals surface area (Å²) in [5, 5.41) is 10.8. The molecular formula is C25H27N9O. The van der Waals surface area contributed by atoms with Crippen molar-refractivity contribution in [2.75, 3.05) is 31.3 Å². The maximum atomic E-state index is 13.4. The summed E-state index contributed by atoms with van der Waals surface area (Å²) in [5.41, 5.74) is 4.12. The Labute approximate surface area is 203 Å². The Balaban J connectivity index is 1.44. The standard InChI is InChI=1S/C25H27N9O/c1-33(2)11-12-34-22(20-5-3-4-10-28-20)13-23(32-34)31-25(35)24-21(29-18-14-26-16-27-15-18)9-8-19(30-24)17-6-7-17/h3-5,8-10,13-17,29H,6-7,11-12H2,1-2H3,(H,31,32,35). The van der Waals surface area contributed by atoms with Gasteiger partial charge in [0.15, 0.2) is 11.5 Å². The Kier molecular flexibility index (Phi) is 6.44. The van der Waals surface area contributed by atoms with E-state index in [2.05, 4.69) is 35.6 Å². The highest BCUT2D eigenvalue weighted by Crippen LogP contribution is 2.39. The molecule has 1 aliphatic carbocycles. The van der Waals surface area contributed by atoms with Crippen LogP contribution in [0.1, 0.15) is 34.9 Å². The van der Waals surface area contributed by atoms with Crippen molar-refractivity contribution in [3.8, 4) is 11.4 Å².